The molecule has 0 aliphatic carbocycles. The minimum Gasteiger partial charge on any atom is -0.250 e. The minimum absolute atomic E-state index is 0.599. The number of aromatic nitrogens is 2. The van der Waals surface area contributed by atoms with Crippen LogP contribution in [0.15, 0.2) is 4.99 Å². The van der Waals surface area contributed by atoms with Crippen LogP contribution in [0.5, 0.6) is 0 Å². The summed E-state index contributed by atoms with van der Waals surface area (Å²) >= 11 is 0. The van der Waals surface area contributed by atoms with E-state index in [1.165, 1.54) is 6.08 Å². The molecule has 4 nitrogen and oxygen atoms in total. The van der Waals surface area contributed by atoms with Crippen LogP contribution < -0.4 is 0 Å². The van der Waals surface area contributed by atoms with Crippen LogP contribution in [-0.2, 0) is 18.3 Å². The summed E-state index contributed by atoms with van der Waals surface area (Å²) in [7, 11) is 1.77. The van der Waals surface area contributed by atoms with Crippen molar-refractivity contribution in [3.63, 3.8) is 0 Å². The van der Waals surface area contributed by atoms with E-state index in [-0.39, 0.29) is 0 Å². The summed E-state index contributed by atoms with van der Waals surface area (Å²) in [4.78, 5) is 13.6. The Morgan fingerprint density at radius 3 is 2.75 bits per heavy atom. The van der Waals surface area contributed by atoms with Crippen LogP contribution in [-0.4, -0.2) is 15.9 Å². The predicted molar refractivity (Wildman–Crippen MR) is 45.1 cm³/mol. The summed E-state index contributed by atoms with van der Waals surface area (Å²) < 4.78 is 1.60. The minimum atomic E-state index is 0.599. The number of isocyanates is 1. The van der Waals surface area contributed by atoms with Gasteiger partial charge in [0.15, 0.2) is 5.82 Å². The normalized spacial score (nSPS) is 9.58. The number of carbonyl (C=O) groups excluding carboxylic acids is 1. The molecule has 1 aromatic rings. The molecule has 0 saturated heterocycles. The van der Waals surface area contributed by atoms with E-state index < -0.39 is 0 Å². The number of nitrogens with zero attached hydrogens (tertiary/aromatic N) is 3. The average Bonchev–Trinajstić information content (AvgIpc) is 2.32. The molecule has 12 heavy (non-hydrogen) atoms. The number of rotatable bonds is 2. The SMILES string of the molecule is CCc1nn(C)c(N=C=O)c1C. The van der Waals surface area contributed by atoms with Crippen LogP contribution in [0, 0.1) is 6.92 Å². The predicted octanol–water partition coefficient (Wildman–Crippen LogP) is 1.26. The second-order valence-electron chi connectivity index (χ2n) is 2.58. The van der Waals surface area contributed by atoms with Gasteiger partial charge in [0.05, 0.1) is 5.69 Å². The van der Waals surface area contributed by atoms with Crippen LogP contribution in [0.4, 0.5) is 5.82 Å². The summed E-state index contributed by atoms with van der Waals surface area (Å²) in [6.45, 7) is 3.92. The first-order valence-electron chi connectivity index (χ1n) is 3.81. The smallest absolute Gasteiger partial charge is 0.242 e. The van der Waals surface area contributed by atoms with Crippen molar-refractivity contribution in [2.24, 2.45) is 12.0 Å². The van der Waals surface area contributed by atoms with Crippen molar-refractivity contribution in [2.45, 2.75) is 20.3 Å². The topological polar surface area (TPSA) is 47.2 Å². The van der Waals surface area contributed by atoms with E-state index in [2.05, 4.69) is 10.1 Å². The summed E-state index contributed by atoms with van der Waals surface area (Å²) in [5.74, 6) is 0.599. The first-order valence-corrected chi connectivity index (χ1v) is 3.81. The molecule has 0 saturated carbocycles. The quantitative estimate of drug-likeness (QED) is 0.489. The van der Waals surface area contributed by atoms with Gasteiger partial charge in [-0.1, -0.05) is 6.92 Å². The van der Waals surface area contributed by atoms with Gasteiger partial charge in [-0.3, -0.25) is 0 Å². The molecule has 4 heteroatoms. The van der Waals surface area contributed by atoms with E-state index in [1.807, 2.05) is 13.8 Å². The van der Waals surface area contributed by atoms with Gasteiger partial charge in [-0.05, 0) is 13.3 Å². The molecule has 0 fully saturated rings. The molecule has 1 heterocycles. The fourth-order valence-electron chi connectivity index (χ4n) is 1.21. The van der Waals surface area contributed by atoms with E-state index in [0.29, 0.717) is 5.82 Å². The zero-order valence-corrected chi connectivity index (χ0v) is 7.46. The Bertz CT molecular complexity index is 334. The summed E-state index contributed by atoms with van der Waals surface area (Å²) in [5, 5.41) is 4.19. The Balaban J connectivity index is 3.27. The van der Waals surface area contributed by atoms with Crippen LogP contribution in [0.3, 0.4) is 0 Å². The Labute approximate surface area is 70.9 Å². The molecular formula is C8H11N3O. The maximum Gasteiger partial charge on any atom is 0.242 e. The lowest BCUT2D eigenvalue weighted by Crippen LogP contribution is -1.90. The second kappa shape index (κ2) is 3.32. The molecule has 0 aromatic carbocycles. The van der Waals surface area contributed by atoms with Crippen LogP contribution in [0.2, 0.25) is 0 Å². The molecule has 0 aliphatic heterocycles. The number of aliphatic imine (C=N–C) groups is 1. The van der Waals surface area contributed by atoms with Gasteiger partial charge in [-0.15, -0.1) is 4.99 Å². The van der Waals surface area contributed by atoms with Crippen molar-refractivity contribution in [1.29, 1.82) is 0 Å². The fraction of sp³-hybridized carbons (Fsp3) is 0.500. The van der Waals surface area contributed by atoms with Crippen LogP contribution in [0.25, 0.3) is 0 Å². The molecule has 0 amide bonds. The van der Waals surface area contributed by atoms with Crippen molar-refractivity contribution in [1.82, 2.24) is 9.78 Å². The fourth-order valence-corrected chi connectivity index (χ4v) is 1.21. The third-order valence-electron chi connectivity index (χ3n) is 1.83. The molecule has 0 atom stereocenters. The number of aryl methyl sites for hydroxylation is 2. The lowest BCUT2D eigenvalue weighted by Gasteiger charge is -1.90. The molecule has 0 unspecified atom stereocenters. The Hall–Kier alpha value is -1.41. The zero-order chi connectivity index (χ0) is 9.14. The van der Waals surface area contributed by atoms with Crippen molar-refractivity contribution >= 4 is 11.9 Å². The first-order chi connectivity index (χ1) is 5.70. The molecule has 0 N–H and O–H groups in total. The Kier molecular flexibility index (Phi) is 2.41. The third-order valence-corrected chi connectivity index (χ3v) is 1.83. The van der Waals surface area contributed by atoms with E-state index in [0.717, 1.165) is 17.7 Å². The first kappa shape index (κ1) is 8.68. The maximum absolute atomic E-state index is 10.0. The van der Waals surface area contributed by atoms with Crippen molar-refractivity contribution in [3.8, 4) is 0 Å². The van der Waals surface area contributed by atoms with Crippen molar-refractivity contribution in [2.75, 3.05) is 0 Å². The summed E-state index contributed by atoms with van der Waals surface area (Å²) in [5.41, 5.74) is 1.94. The molecule has 0 radical (unpaired) electrons. The Morgan fingerprint density at radius 2 is 2.33 bits per heavy atom. The van der Waals surface area contributed by atoms with Gasteiger partial charge in [-0.2, -0.15) is 5.10 Å². The molecule has 1 rings (SSSR count). The maximum atomic E-state index is 10.0. The van der Waals surface area contributed by atoms with E-state index >= 15 is 0 Å². The summed E-state index contributed by atoms with van der Waals surface area (Å²) in [6.07, 6.45) is 2.37. The van der Waals surface area contributed by atoms with Gasteiger partial charge in [-0.25, -0.2) is 9.48 Å². The largest absolute Gasteiger partial charge is 0.250 e. The van der Waals surface area contributed by atoms with Crippen molar-refractivity contribution < 1.29 is 4.79 Å². The molecular weight excluding hydrogens is 154 g/mol. The van der Waals surface area contributed by atoms with Gasteiger partial charge in [0.1, 0.15) is 0 Å². The molecule has 0 aliphatic rings. The van der Waals surface area contributed by atoms with Crippen LogP contribution >= 0.6 is 0 Å². The lowest BCUT2D eigenvalue weighted by molar-refractivity contribution is 0.564. The zero-order valence-electron chi connectivity index (χ0n) is 7.46. The van der Waals surface area contributed by atoms with Gasteiger partial charge in [0.25, 0.3) is 0 Å². The lowest BCUT2D eigenvalue weighted by atomic mass is 10.2. The summed E-state index contributed by atoms with van der Waals surface area (Å²) in [6, 6.07) is 0. The highest BCUT2D eigenvalue weighted by atomic mass is 16.1. The number of hydrogen-bond donors (Lipinski definition) is 0. The van der Waals surface area contributed by atoms with Gasteiger partial charge in [0, 0.05) is 12.6 Å². The molecule has 64 valence electrons. The standard InChI is InChI=1S/C8H11N3O/c1-4-7-6(2)8(9-5-12)11(3)10-7/h4H2,1-3H3. The Morgan fingerprint density at radius 1 is 1.67 bits per heavy atom. The monoisotopic (exact) mass is 165 g/mol. The highest BCUT2D eigenvalue weighted by molar-refractivity contribution is 5.50. The average molecular weight is 165 g/mol. The molecule has 1 aromatic heterocycles. The van der Waals surface area contributed by atoms with Crippen LogP contribution in [0.1, 0.15) is 18.2 Å². The second-order valence-corrected chi connectivity index (χ2v) is 2.58. The number of hydrogen-bond acceptors (Lipinski definition) is 3. The van der Waals surface area contributed by atoms with E-state index in [4.69, 9.17) is 0 Å². The third kappa shape index (κ3) is 1.29. The van der Waals surface area contributed by atoms with E-state index in [9.17, 15) is 4.79 Å². The molecule has 0 spiro atoms. The van der Waals surface area contributed by atoms with E-state index in [1.54, 1.807) is 11.7 Å². The highest BCUT2D eigenvalue weighted by Crippen LogP contribution is 2.20. The van der Waals surface area contributed by atoms with Gasteiger partial charge < -0.3 is 0 Å². The van der Waals surface area contributed by atoms with Crippen molar-refractivity contribution in [3.05, 3.63) is 11.3 Å². The van der Waals surface area contributed by atoms with Gasteiger partial charge in [0.2, 0.25) is 6.08 Å². The van der Waals surface area contributed by atoms with Gasteiger partial charge >= 0.3 is 0 Å². The highest BCUT2D eigenvalue weighted by Gasteiger charge is 2.08. The molecule has 0 bridgehead atoms.